The monoisotopic (exact) mass is 466 g/mol. The van der Waals surface area contributed by atoms with E-state index in [1.165, 1.54) is 4.31 Å². The second-order valence-corrected chi connectivity index (χ2v) is 9.38. The summed E-state index contributed by atoms with van der Waals surface area (Å²) in [4.78, 5) is 25.1. The van der Waals surface area contributed by atoms with Gasteiger partial charge in [-0.3, -0.25) is 9.10 Å². The average molecular weight is 467 g/mol. The van der Waals surface area contributed by atoms with Gasteiger partial charge in [-0.15, -0.1) is 0 Å². The molecular weight excluding hydrogens is 440 g/mol. The van der Waals surface area contributed by atoms with Crippen LogP contribution in [0.1, 0.15) is 38.8 Å². The molecule has 0 heterocycles. The number of para-hydroxylation sites is 1. The molecule has 172 valence electrons. The number of carbonyl (C=O) groups excluding carboxylic acids is 2. The van der Waals surface area contributed by atoms with Crippen molar-refractivity contribution in [2.45, 2.75) is 20.4 Å². The molecule has 1 N–H and O–H groups in total. The van der Waals surface area contributed by atoms with Crippen LogP contribution in [0.2, 0.25) is 0 Å². The van der Waals surface area contributed by atoms with Gasteiger partial charge in [0, 0.05) is 5.69 Å². The lowest BCUT2D eigenvalue weighted by Crippen LogP contribution is -2.31. The highest BCUT2D eigenvalue weighted by molar-refractivity contribution is 7.92. The zero-order chi connectivity index (χ0) is 24.0. The third-order valence-corrected chi connectivity index (χ3v) is 6.10. The molecule has 0 aliphatic carbocycles. The Kier molecular flexibility index (Phi) is 7.50. The molecule has 0 unspecified atom stereocenters. The maximum Gasteiger partial charge on any atom is 0.338 e. The number of aryl methyl sites for hydroxylation is 1. The van der Waals surface area contributed by atoms with Crippen LogP contribution < -0.4 is 9.62 Å². The quantitative estimate of drug-likeness (QED) is 0.497. The van der Waals surface area contributed by atoms with Crippen molar-refractivity contribution in [1.29, 1.82) is 0 Å². The van der Waals surface area contributed by atoms with Gasteiger partial charge in [0.05, 0.1) is 36.2 Å². The fourth-order valence-electron chi connectivity index (χ4n) is 3.35. The molecule has 0 aliphatic rings. The van der Waals surface area contributed by atoms with E-state index < -0.39 is 21.9 Å². The lowest BCUT2D eigenvalue weighted by Gasteiger charge is -2.25. The van der Waals surface area contributed by atoms with Gasteiger partial charge in [0.15, 0.2) is 0 Å². The molecule has 8 heteroatoms. The molecule has 0 saturated heterocycles. The number of hydrogen-bond donors (Lipinski definition) is 1. The fourth-order valence-corrected chi connectivity index (χ4v) is 4.25. The lowest BCUT2D eigenvalue weighted by atomic mass is 10.1. The van der Waals surface area contributed by atoms with Crippen molar-refractivity contribution in [2.75, 3.05) is 22.5 Å². The summed E-state index contributed by atoms with van der Waals surface area (Å²) >= 11 is 0. The van der Waals surface area contributed by atoms with Crippen LogP contribution in [0.3, 0.4) is 0 Å². The summed E-state index contributed by atoms with van der Waals surface area (Å²) in [5, 5.41) is 2.82. The minimum Gasteiger partial charge on any atom is -0.462 e. The molecule has 0 radical (unpaired) electrons. The van der Waals surface area contributed by atoms with Gasteiger partial charge >= 0.3 is 5.97 Å². The van der Waals surface area contributed by atoms with Crippen molar-refractivity contribution in [1.82, 2.24) is 0 Å². The number of benzene rings is 3. The first-order valence-electron chi connectivity index (χ1n) is 10.4. The Morgan fingerprint density at radius 3 is 2.27 bits per heavy atom. The predicted molar refractivity (Wildman–Crippen MR) is 129 cm³/mol. The Balaban J connectivity index is 1.92. The summed E-state index contributed by atoms with van der Waals surface area (Å²) < 4.78 is 31.5. The Morgan fingerprint density at radius 2 is 1.64 bits per heavy atom. The van der Waals surface area contributed by atoms with Gasteiger partial charge in [0.1, 0.15) is 0 Å². The van der Waals surface area contributed by atoms with Gasteiger partial charge in [-0.1, -0.05) is 42.5 Å². The molecule has 33 heavy (non-hydrogen) atoms. The van der Waals surface area contributed by atoms with Gasteiger partial charge in [-0.05, 0) is 55.3 Å². The maximum absolute atomic E-state index is 13.2. The number of nitrogens with zero attached hydrogens (tertiary/aromatic N) is 1. The zero-order valence-corrected chi connectivity index (χ0v) is 19.6. The molecule has 0 bridgehead atoms. The number of hydrogen-bond acceptors (Lipinski definition) is 5. The van der Waals surface area contributed by atoms with Gasteiger partial charge < -0.3 is 10.1 Å². The number of anilines is 2. The Bertz CT molecular complexity index is 1260. The molecule has 0 fully saturated rings. The van der Waals surface area contributed by atoms with E-state index in [1.807, 2.05) is 30.3 Å². The fraction of sp³-hybridized carbons (Fsp3) is 0.200. The third kappa shape index (κ3) is 5.98. The molecule has 1 amide bonds. The van der Waals surface area contributed by atoms with E-state index in [0.29, 0.717) is 16.8 Å². The summed E-state index contributed by atoms with van der Waals surface area (Å²) in [6.45, 7) is 3.86. The minimum atomic E-state index is -3.67. The summed E-state index contributed by atoms with van der Waals surface area (Å²) in [5.41, 5.74) is 2.87. The molecule has 3 aromatic rings. The van der Waals surface area contributed by atoms with E-state index in [-0.39, 0.29) is 24.4 Å². The van der Waals surface area contributed by atoms with Crippen molar-refractivity contribution in [3.63, 3.8) is 0 Å². The maximum atomic E-state index is 13.2. The van der Waals surface area contributed by atoms with E-state index in [4.69, 9.17) is 4.74 Å². The highest BCUT2D eigenvalue weighted by Crippen LogP contribution is 2.27. The number of carbonyl (C=O) groups is 2. The van der Waals surface area contributed by atoms with Gasteiger partial charge in [-0.2, -0.15) is 0 Å². The number of esters is 1. The first-order valence-corrected chi connectivity index (χ1v) is 12.3. The normalized spacial score (nSPS) is 11.0. The Morgan fingerprint density at radius 1 is 0.970 bits per heavy atom. The molecule has 0 aliphatic heterocycles. The van der Waals surface area contributed by atoms with Crippen LogP contribution >= 0.6 is 0 Å². The second-order valence-electron chi connectivity index (χ2n) is 7.48. The van der Waals surface area contributed by atoms with Crippen LogP contribution in [0.4, 0.5) is 11.4 Å². The topological polar surface area (TPSA) is 92.8 Å². The van der Waals surface area contributed by atoms with Gasteiger partial charge in [0.25, 0.3) is 5.91 Å². The number of amides is 1. The predicted octanol–water partition coefficient (Wildman–Crippen LogP) is 4.39. The smallest absolute Gasteiger partial charge is 0.338 e. The van der Waals surface area contributed by atoms with E-state index in [0.717, 1.165) is 11.8 Å². The number of sulfonamides is 1. The lowest BCUT2D eigenvalue weighted by molar-refractivity contribution is 0.0526. The molecule has 0 aromatic heterocycles. The summed E-state index contributed by atoms with van der Waals surface area (Å²) in [6, 6.07) is 20.6. The molecule has 0 saturated carbocycles. The highest BCUT2D eigenvalue weighted by atomic mass is 32.2. The zero-order valence-electron chi connectivity index (χ0n) is 18.7. The minimum absolute atomic E-state index is 0.0945. The number of nitrogens with one attached hydrogen (secondary N) is 1. The van der Waals surface area contributed by atoms with Crippen LogP contribution in [-0.4, -0.2) is 33.2 Å². The Labute approximate surface area is 194 Å². The van der Waals surface area contributed by atoms with Crippen LogP contribution in [-0.2, 0) is 21.3 Å². The largest absolute Gasteiger partial charge is 0.462 e. The van der Waals surface area contributed by atoms with E-state index >= 15 is 0 Å². The molecule has 0 spiro atoms. The third-order valence-electron chi connectivity index (χ3n) is 4.97. The first-order chi connectivity index (χ1) is 15.7. The van der Waals surface area contributed by atoms with E-state index in [1.54, 1.807) is 56.3 Å². The van der Waals surface area contributed by atoms with Gasteiger partial charge in [-0.25, -0.2) is 13.2 Å². The average Bonchev–Trinajstić information content (AvgIpc) is 2.79. The molecule has 0 atom stereocenters. The van der Waals surface area contributed by atoms with E-state index in [9.17, 15) is 18.0 Å². The van der Waals surface area contributed by atoms with Crippen LogP contribution in [0.25, 0.3) is 0 Å². The van der Waals surface area contributed by atoms with Crippen molar-refractivity contribution in [3.8, 4) is 0 Å². The molecule has 3 rings (SSSR count). The standard InChI is InChI=1S/C25H26N2O5S/c1-4-32-25(29)20-14-15-22(18(2)16-20)26-24(28)21-12-8-9-13-23(21)27(33(3,30)31)17-19-10-6-5-7-11-19/h5-16H,4,17H2,1-3H3,(H,26,28). The number of ether oxygens (including phenoxy) is 1. The second kappa shape index (κ2) is 10.3. The van der Waals surface area contributed by atoms with Crippen molar-refractivity contribution < 1.29 is 22.7 Å². The SMILES string of the molecule is CCOC(=O)c1ccc(NC(=O)c2ccccc2N(Cc2ccccc2)S(C)(=O)=O)c(C)c1. The summed E-state index contributed by atoms with van der Waals surface area (Å²) in [5.74, 6) is -0.896. The van der Waals surface area contributed by atoms with Crippen LogP contribution in [0.15, 0.2) is 72.8 Å². The summed E-state index contributed by atoms with van der Waals surface area (Å²) in [6.07, 6.45) is 1.11. The first kappa shape index (κ1) is 24.0. The Hall–Kier alpha value is -3.65. The molecular formula is C25H26N2O5S. The number of rotatable bonds is 8. The van der Waals surface area contributed by atoms with E-state index in [2.05, 4.69) is 5.32 Å². The van der Waals surface area contributed by atoms with Crippen molar-refractivity contribution in [3.05, 3.63) is 95.1 Å². The van der Waals surface area contributed by atoms with Crippen LogP contribution in [0.5, 0.6) is 0 Å². The van der Waals surface area contributed by atoms with Gasteiger partial charge in [0.2, 0.25) is 10.0 Å². The molecule has 3 aromatic carbocycles. The van der Waals surface area contributed by atoms with Crippen molar-refractivity contribution >= 4 is 33.3 Å². The summed E-state index contributed by atoms with van der Waals surface area (Å²) in [7, 11) is -3.67. The molecule has 7 nitrogen and oxygen atoms in total. The van der Waals surface area contributed by atoms with Crippen LogP contribution in [0, 0.1) is 6.92 Å². The van der Waals surface area contributed by atoms with Crippen molar-refractivity contribution in [2.24, 2.45) is 0 Å². The highest BCUT2D eigenvalue weighted by Gasteiger charge is 2.24.